The van der Waals surface area contributed by atoms with Crippen LogP contribution in [0.25, 0.3) is 128 Å². The molecule has 0 saturated carbocycles. The van der Waals surface area contributed by atoms with Crippen molar-refractivity contribution in [3.8, 4) is 80.3 Å². The van der Waals surface area contributed by atoms with Crippen LogP contribution in [0.3, 0.4) is 0 Å². The summed E-state index contributed by atoms with van der Waals surface area (Å²) in [5.41, 5.74) is 15.9. The van der Waals surface area contributed by atoms with Crippen molar-refractivity contribution < 1.29 is 0 Å². The first kappa shape index (κ1) is 43.0. The monoisotopic (exact) mass is 954 g/mol. The molecule has 10 aromatic carbocycles. The summed E-state index contributed by atoms with van der Waals surface area (Å²) in [6, 6.07) is 85.7. The molecule has 0 aliphatic heterocycles. The van der Waals surface area contributed by atoms with Crippen molar-refractivity contribution in [2.24, 2.45) is 0 Å². The molecule has 0 aliphatic carbocycles. The lowest BCUT2D eigenvalue weighted by Crippen LogP contribution is -1.99. The molecule has 0 N–H and O–H groups in total. The van der Waals surface area contributed by atoms with Crippen LogP contribution in [0.5, 0.6) is 0 Å². The molecule has 0 aliphatic rings. The fourth-order valence-corrected chi connectivity index (χ4v) is 11.2. The van der Waals surface area contributed by atoms with Crippen LogP contribution >= 0.6 is 0 Å². The topological polar surface area (TPSA) is 112 Å². The molecule has 0 bridgehead atoms. The van der Waals surface area contributed by atoms with Crippen molar-refractivity contribution >= 4 is 65.4 Å². The van der Waals surface area contributed by atoms with Gasteiger partial charge in [0.2, 0.25) is 0 Å². The van der Waals surface area contributed by atoms with E-state index in [-0.39, 0.29) is 0 Å². The molecule has 8 heteroatoms. The van der Waals surface area contributed by atoms with Gasteiger partial charge in [0.25, 0.3) is 0 Å². The highest BCUT2D eigenvalue weighted by molar-refractivity contribution is 6.14. The first-order valence-corrected chi connectivity index (χ1v) is 24.7. The van der Waals surface area contributed by atoms with E-state index in [0.717, 1.165) is 72.1 Å². The molecule has 0 radical (unpaired) electrons. The van der Waals surface area contributed by atoms with Gasteiger partial charge in [0.1, 0.15) is 0 Å². The van der Waals surface area contributed by atoms with Gasteiger partial charge in [-0.05, 0) is 114 Å². The van der Waals surface area contributed by atoms with Crippen molar-refractivity contribution in [2.45, 2.75) is 0 Å². The summed E-state index contributed by atoms with van der Waals surface area (Å²) >= 11 is 0. The smallest absolute Gasteiger partial charge is 0.161 e. The molecule has 0 spiro atoms. The average molecular weight is 955 g/mol. The summed E-state index contributed by atoms with van der Waals surface area (Å²) in [6.45, 7) is 0. The van der Waals surface area contributed by atoms with Crippen molar-refractivity contribution in [1.29, 1.82) is 15.8 Å². The van der Waals surface area contributed by atoms with E-state index < -0.39 is 0 Å². The first-order chi connectivity index (χ1) is 37.1. The summed E-state index contributed by atoms with van der Waals surface area (Å²) < 4.78 is 7.11. The maximum atomic E-state index is 10.7. The fraction of sp³-hybridized carbons (Fsp3) is 0. The van der Waals surface area contributed by atoms with Crippen LogP contribution in [0.15, 0.2) is 231 Å². The number of fused-ring (bicyclic) bond motifs is 9. The maximum absolute atomic E-state index is 10.7. The number of nitrogens with zero attached hydrogens (tertiary/aromatic N) is 8. The lowest BCUT2D eigenvalue weighted by molar-refractivity contribution is 1.16. The molecular weight excluding hydrogens is 917 g/mol. The van der Waals surface area contributed by atoms with Gasteiger partial charge in [0, 0.05) is 66.1 Å². The molecule has 14 rings (SSSR count). The Labute approximate surface area is 430 Å². The van der Waals surface area contributed by atoms with Crippen LogP contribution < -0.4 is 0 Å². The van der Waals surface area contributed by atoms with E-state index >= 15 is 0 Å². The SMILES string of the molecule is N#Cc1ccccc1-c1cc(-c2ccc(-c3ccc(-n4c5ccc(-n6c7ccccc7c7ccccc76)cc5c5cc(-n6c7ccccc7c7ccccc76)ccc54)cc3)cc2C#N)nc(-c2ccccc2C#N)n1. The molecule has 4 heterocycles. The molecule has 8 nitrogen and oxygen atoms in total. The van der Waals surface area contributed by atoms with Gasteiger partial charge in [-0.3, -0.25) is 0 Å². The third-order valence-electron chi connectivity index (χ3n) is 14.6. The highest BCUT2D eigenvalue weighted by atomic mass is 15.0. The van der Waals surface area contributed by atoms with Gasteiger partial charge in [-0.15, -0.1) is 0 Å². The van der Waals surface area contributed by atoms with Crippen molar-refractivity contribution in [2.75, 3.05) is 0 Å². The van der Waals surface area contributed by atoms with E-state index in [4.69, 9.17) is 9.97 Å². The van der Waals surface area contributed by atoms with Gasteiger partial charge in [0.15, 0.2) is 5.82 Å². The Morgan fingerprint density at radius 2 is 0.653 bits per heavy atom. The van der Waals surface area contributed by atoms with E-state index in [9.17, 15) is 15.8 Å². The van der Waals surface area contributed by atoms with Gasteiger partial charge in [0.05, 0.1) is 79.4 Å². The second-order valence-corrected chi connectivity index (χ2v) is 18.7. The largest absolute Gasteiger partial charge is 0.309 e. The molecule has 0 saturated heterocycles. The van der Waals surface area contributed by atoms with E-state index in [1.54, 1.807) is 18.2 Å². The minimum absolute atomic E-state index is 0.326. The standard InChI is InChI=1S/C67H38N8/c68-39-44-13-1-3-15-50(44)59-38-60(72-67(71-59)52-16-4-2-14-45(52)40-69)51-32-27-43(35-46(51)41-70)42-25-28-47(29-26-42)73-65-33-30-48(74-61-21-9-5-17-53(61)54-18-6-10-22-62(54)74)36-57(65)58-37-49(31-34-66(58)73)75-63-23-11-7-19-55(63)56-20-8-12-24-64(56)75/h1-38H. The van der Waals surface area contributed by atoms with Crippen molar-refractivity contribution in [3.05, 3.63) is 247 Å². The molecule has 4 aromatic heterocycles. The van der Waals surface area contributed by atoms with Crippen molar-refractivity contribution in [1.82, 2.24) is 23.7 Å². The molecule has 346 valence electrons. The van der Waals surface area contributed by atoms with Gasteiger partial charge in [-0.25, -0.2) is 9.97 Å². The molecule has 14 aromatic rings. The highest BCUT2D eigenvalue weighted by Gasteiger charge is 2.21. The Balaban J connectivity index is 0.905. The zero-order valence-corrected chi connectivity index (χ0v) is 40.0. The predicted molar refractivity (Wildman–Crippen MR) is 301 cm³/mol. The van der Waals surface area contributed by atoms with E-state index in [1.165, 1.54) is 21.5 Å². The maximum Gasteiger partial charge on any atom is 0.161 e. The second-order valence-electron chi connectivity index (χ2n) is 18.7. The zero-order valence-electron chi connectivity index (χ0n) is 40.0. The normalized spacial score (nSPS) is 11.4. The number of hydrogen-bond acceptors (Lipinski definition) is 5. The number of para-hydroxylation sites is 4. The number of aromatic nitrogens is 5. The Bertz CT molecular complexity index is 4460. The fourth-order valence-electron chi connectivity index (χ4n) is 11.2. The number of rotatable bonds is 7. The van der Waals surface area contributed by atoms with E-state index in [2.05, 4.69) is 190 Å². The minimum Gasteiger partial charge on any atom is -0.309 e. The summed E-state index contributed by atoms with van der Waals surface area (Å²) in [4.78, 5) is 9.83. The minimum atomic E-state index is 0.326. The van der Waals surface area contributed by atoms with Crippen LogP contribution in [-0.2, 0) is 0 Å². The van der Waals surface area contributed by atoms with E-state index in [1.807, 2.05) is 54.6 Å². The number of hydrogen-bond donors (Lipinski definition) is 0. The average Bonchev–Trinajstić information content (AvgIpc) is 4.15. The summed E-state index contributed by atoms with van der Waals surface area (Å²) in [6.07, 6.45) is 0. The third kappa shape index (κ3) is 6.81. The second kappa shape index (κ2) is 17.2. The molecule has 75 heavy (non-hydrogen) atoms. The summed E-state index contributed by atoms with van der Waals surface area (Å²) in [5, 5.41) is 37.9. The molecule has 0 amide bonds. The van der Waals surface area contributed by atoms with Crippen LogP contribution in [0.2, 0.25) is 0 Å². The zero-order chi connectivity index (χ0) is 50.1. The van der Waals surface area contributed by atoms with Gasteiger partial charge in [-0.1, -0.05) is 127 Å². The van der Waals surface area contributed by atoms with Crippen LogP contribution in [0.1, 0.15) is 16.7 Å². The highest BCUT2D eigenvalue weighted by Crippen LogP contribution is 2.41. The van der Waals surface area contributed by atoms with Crippen LogP contribution in [-0.4, -0.2) is 23.7 Å². The van der Waals surface area contributed by atoms with Crippen LogP contribution in [0, 0.1) is 34.0 Å². The van der Waals surface area contributed by atoms with Crippen molar-refractivity contribution in [3.63, 3.8) is 0 Å². The Morgan fingerprint density at radius 3 is 1.15 bits per heavy atom. The summed E-state index contributed by atoms with van der Waals surface area (Å²) in [5.74, 6) is 0.326. The Kier molecular flexibility index (Phi) is 9.85. The van der Waals surface area contributed by atoms with E-state index in [0.29, 0.717) is 50.6 Å². The molecule has 0 unspecified atom stereocenters. The molecule has 0 atom stereocenters. The third-order valence-corrected chi connectivity index (χ3v) is 14.6. The lowest BCUT2D eigenvalue weighted by atomic mass is 9.96. The quantitative estimate of drug-likeness (QED) is 0.158. The number of nitriles is 3. The lowest BCUT2D eigenvalue weighted by Gasteiger charge is -2.13. The molecule has 0 fully saturated rings. The predicted octanol–water partition coefficient (Wildman–Crippen LogP) is 16.1. The first-order valence-electron chi connectivity index (χ1n) is 24.7. The van der Waals surface area contributed by atoms with Gasteiger partial charge >= 0.3 is 0 Å². The summed E-state index contributed by atoms with van der Waals surface area (Å²) in [7, 11) is 0. The Morgan fingerprint density at radius 1 is 0.280 bits per heavy atom. The van der Waals surface area contributed by atoms with Gasteiger partial charge in [-0.2, -0.15) is 15.8 Å². The molecular formula is C67H38N8. The van der Waals surface area contributed by atoms with Gasteiger partial charge < -0.3 is 13.7 Å². The van der Waals surface area contributed by atoms with Crippen LogP contribution in [0.4, 0.5) is 0 Å². The Hall–Kier alpha value is -10.9. The number of benzene rings is 10.